The molecule has 0 atom stereocenters. The molecule has 1 aromatic rings. The maximum absolute atomic E-state index is 12.6. The first kappa shape index (κ1) is 18.6. The number of hydrogen-bond donors (Lipinski definition) is 0. The minimum absolute atomic E-state index is 0.253. The molecule has 1 heterocycles. The van der Waals surface area contributed by atoms with Crippen molar-refractivity contribution in [3.8, 4) is 0 Å². The third kappa shape index (κ3) is 5.42. The molecule has 0 radical (unpaired) electrons. The number of ether oxygens (including phenoxy) is 1. The zero-order valence-electron chi connectivity index (χ0n) is 13.9. The summed E-state index contributed by atoms with van der Waals surface area (Å²) in [6, 6.07) is 5.37. The summed E-state index contributed by atoms with van der Waals surface area (Å²) in [5.41, 5.74) is 0.294. The van der Waals surface area contributed by atoms with Crippen molar-refractivity contribution < 1.29 is 22.7 Å². The Hall–Kier alpha value is -1.72. The zero-order chi connectivity index (χ0) is 17.6. The summed E-state index contributed by atoms with van der Waals surface area (Å²) >= 11 is 0. The second-order valence-corrected chi connectivity index (χ2v) is 6.30. The Bertz CT molecular complexity index is 520. The number of amides is 1. The summed E-state index contributed by atoms with van der Waals surface area (Å²) in [5, 5.41) is 0. The van der Waals surface area contributed by atoms with E-state index < -0.39 is 11.7 Å². The zero-order valence-corrected chi connectivity index (χ0v) is 13.9. The lowest BCUT2D eigenvalue weighted by Crippen LogP contribution is -2.39. The molecule has 1 aromatic carbocycles. The molecule has 1 fully saturated rings. The third-order valence-electron chi connectivity index (χ3n) is 4.40. The van der Waals surface area contributed by atoms with Crippen molar-refractivity contribution in [2.75, 3.05) is 19.7 Å². The van der Waals surface area contributed by atoms with Gasteiger partial charge in [-0.3, -0.25) is 0 Å². The number of alkyl halides is 3. The second-order valence-electron chi connectivity index (χ2n) is 6.30. The number of rotatable bonds is 5. The van der Waals surface area contributed by atoms with Gasteiger partial charge in [-0.1, -0.05) is 25.5 Å². The summed E-state index contributed by atoms with van der Waals surface area (Å²) in [7, 11) is 0. The van der Waals surface area contributed by atoms with Crippen LogP contribution in [-0.2, 0) is 17.3 Å². The van der Waals surface area contributed by atoms with Gasteiger partial charge in [-0.15, -0.1) is 0 Å². The highest BCUT2D eigenvalue weighted by molar-refractivity contribution is 5.67. The fourth-order valence-electron chi connectivity index (χ4n) is 2.88. The van der Waals surface area contributed by atoms with E-state index in [1.54, 1.807) is 17.0 Å². The molecule has 1 amide bonds. The van der Waals surface area contributed by atoms with Crippen molar-refractivity contribution in [3.05, 3.63) is 35.4 Å². The molecule has 2 rings (SSSR count). The summed E-state index contributed by atoms with van der Waals surface area (Å²) in [6.07, 6.45) is -0.234. The SMILES string of the molecule is CCCCOC(=O)N1CCC(Cc2ccc(C(F)(F)F)cc2)CC1. The number of halogens is 3. The van der Waals surface area contributed by atoms with Crippen LogP contribution < -0.4 is 0 Å². The smallest absolute Gasteiger partial charge is 0.416 e. The van der Waals surface area contributed by atoms with E-state index in [1.165, 1.54) is 0 Å². The van der Waals surface area contributed by atoms with Crippen molar-refractivity contribution in [3.63, 3.8) is 0 Å². The quantitative estimate of drug-likeness (QED) is 0.712. The lowest BCUT2D eigenvalue weighted by atomic mass is 9.90. The molecule has 24 heavy (non-hydrogen) atoms. The average molecular weight is 343 g/mol. The monoisotopic (exact) mass is 343 g/mol. The molecular formula is C18H24F3NO2. The first-order valence-corrected chi connectivity index (χ1v) is 8.48. The summed E-state index contributed by atoms with van der Waals surface area (Å²) in [6.45, 7) is 3.80. The normalized spacial score (nSPS) is 16.2. The maximum Gasteiger partial charge on any atom is 0.416 e. The van der Waals surface area contributed by atoms with Crippen molar-refractivity contribution in [1.82, 2.24) is 4.90 Å². The minimum Gasteiger partial charge on any atom is -0.449 e. The molecule has 6 heteroatoms. The Labute approximate surface area is 140 Å². The molecule has 0 spiro atoms. The van der Waals surface area contributed by atoms with E-state index in [2.05, 4.69) is 0 Å². The van der Waals surface area contributed by atoms with Crippen LogP contribution in [0.15, 0.2) is 24.3 Å². The number of piperidine rings is 1. The number of unbranched alkanes of at least 4 members (excludes halogenated alkanes) is 1. The Morgan fingerprint density at radius 2 is 1.83 bits per heavy atom. The largest absolute Gasteiger partial charge is 0.449 e. The molecule has 1 aliphatic rings. The summed E-state index contributed by atoms with van der Waals surface area (Å²) in [5.74, 6) is 0.390. The molecule has 134 valence electrons. The van der Waals surface area contributed by atoms with Crippen LogP contribution in [-0.4, -0.2) is 30.7 Å². The Morgan fingerprint density at radius 1 is 1.21 bits per heavy atom. The highest BCUT2D eigenvalue weighted by atomic mass is 19.4. The van der Waals surface area contributed by atoms with Gasteiger partial charge in [0.2, 0.25) is 0 Å². The Morgan fingerprint density at radius 3 is 2.38 bits per heavy atom. The van der Waals surface area contributed by atoms with Crippen LogP contribution in [0.4, 0.5) is 18.0 Å². The van der Waals surface area contributed by atoms with Crippen molar-refractivity contribution in [1.29, 1.82) is 0 Å². The van der Waals surface area contributed by atoms with Crippen LogP contribution in [0.1, 0.15) is 43.7 Å². The molecule has 3 nitrogen and oxygen atoms in total. The predicted octanol–water partition coefficient (Wildman–Crippen LogP) is 4.90. The predicted molar refractivity (Wildman–Crippen MR) is 85.7 cm³/mol. The molecule has 0 N–H and O–H groups in total. The highest BCUT2D eigenvalue weighted by Crippen LogP contribution is 2.30. The van der Waals surface area contributed by atoms with E-state index in [0.717, 1.165) is 49.8 Å². The number of hydrogen-bond acceptors (Lipinski definition) is 2. The van der Waals surface area contributed by atoms with Gasteiger partial charge in [-0.25, -0.2) is 4.79 Å². The van der Waals surface area contributed by atoms with E-state index >= 15 is 0 Å². The van der Waals surface area contributed by atoms with E-state index in [9.17, 15) is 18.0 Å². The molecule has 0 unspecified atom stereocenters. The van der Waals surface area contributed by atoms with E-state index in [-0.39, 0.29) is 6.09 Å². The van der Waals surface area contributed by atoms with Gasteiger partial charge in [0.1, 0.15) is 0 Å². The van der Waals surface area contributed by atoms with Crippen LogP contribution in [0.5, 0.6) is 0 Å². The molecular weight excluding hydrogens is 319 g/mol. The van der Waals surface area contributed by atoms with Crippen molar-refractivity contribution in [2.24, 2.45) is 5.92 Å². The molecule has 1 aliphatic heterocycles. The number of nitrogens with zero attached hydrogens (tertiary/aromatic N) is 1. The van der Waals surface area contributed by atoms with Gasteiger partial charge in [0.05, 0.1) is 12.2 Å². The average Bonchev–Trinajstić information content (AvgIpc) is 2.55. The molecule has 0 aliphatic carbocycles. The van der Waals surface area contributed by atoms with Gasteiger partial charge < -0.3 is 9.64 Å². The molecule has 0 saturated carbocycles. The Kier molecular flexibility index (Phi) is 6.52. The van der Waals surface area contributed by atoms with Crippen molar-refractivity contribution >= 4 is 6.09 Å². The molecule has 0 aromatic heterocycles. The Balaban J connectivity index is 1.77. The maximum atomic E-state index is 12.6. The topological polar surface area (TPSA) is 29.5 Å². The van der Waals surface area contributed by atoms with E-state index in [4.69, 9.17) is 4.74 Å². The van der Waals surface area contributed by atoms with Gasteiger partial charge in [0, 0.05) is 13.1 Å². The number of carbonyl (C=O) groups excluding carboxylic acids is 1. The summed E-state index contributed by atoms with van der Waals surface area (Å²) in [4.78, 5) is 13.6. The number of benzene rings is 1. The second kappa shape index (κ2) is 8.40. The van der Waals surface area contributed by atoms with Crippen LogP contribution in [0.3, 0.4) is 0 Å². The fourth-order valence-corrected chi connectivity index (χ4v) is 2.88. The van der Waals surface area contributed by atoms with Crippen LogP contribution in [0.25, 0.3) is 0 Å². The summed E-state index contributed by atoms with van der Waals surface area (Å²) < 4.78 is 42.9. The minimum atomic E-state index is -4.29. The first-order chi connectivity index (χ1) is 11.4. The van der Waals surface area contributed by atoms with Crippen LogP contribution in [0, 0.1) is 5.92 Å². The van der Waals surface area contributed by atoms with E-state index in [1.807, 2.05) is 6.92 Å². The first-order valence-electron chi connectivity index (χ1n) is 8.48. The lowest BCUT2D eigenvalue weighted by Gasteiger charge is -2.31. The molecule has 0 bridgehead atoms. The van der Waals surface area contributed by atoms with Crippen LogP contribution >= 0.6 is 0 Å². The van der Waals surface area contributed by atoms with Crippen LogP contribution in [0.2, 0.25) is 0 Å². The van der Waals surface area contributed by atoms with Gasteiger partial charge in [0.25, 0.3) is 0 Å². The van der Waals surface area contributed by atoms with E-state index in [0.29, 0.717) is 25.6 Å². The lowest BCUT2D eigenvalue weighted by molar-refractivity contribution is -0.137. The van der Waals surface area contributed by atoms with Gasteiger partial charge in [0.15, 0.2) is 0 Å². The van der Waals surface area contributed by atoms with Gasteiger partial charge >= 0.3 is 12.3 Å². The highest BCUT2D eigenvalue weighted by Gasteiger charge is 2.30. The molecule has 1 saturated heterocycles. The fraction of sp³-hybridized carbons (Fsp3) is 0.611. The van der Waals surface area contributed by atoms with Gasteiger partial charge in [-0.2, -0.15) is 13.2 Å². The number of likely N-dealkylation sites (tertiary alicyclic amines) is 1. The standard InChI is InChI=1S/C18H24F3NO2/c1-2-3-12-24-17(23)22-10-8-15(9-11-22)13-14-4-6-16(7-5-14)18(19,20)21/h4-7,15H,2-3,8-13H2,1H3. The third-order valence-corrected chi connectivity index (χ3v) is 4.40. The van der Waals surface area contributed by atoms with Crippen molar-refractivity contribution in [2.45, 2.75) is 45.2 Å². The van der Waals surface area contributed by atoms with Gasteiger partial charge in [-0.05, 0) is 49.3 Å². The number of carbonyl (C=O) groups is 1.